The maximum absolute atomic E-state index is 12.5. The van der Waals surface area contributed by atoms with E-state index in [4.69, 9.17) is 9.72 Å². The first-order chi connectivity index (χ1) is 14.0. The van der Waals surface area contributed by atoms with Crippen molar-refractivity contribution in [2.75, 3.05) is 12.4 Å². The van der Waals surface area contributed by atoms with Gasteiger partial charge in [-0.2, -0.15) is 0 Å². The van der Waals surface area contributed by atoms with E-state index in [1.807, 2.05) is 12.1 Å². The second-order valence-electron chi connectivity index (χ2n) is 7.98. The number of fused-ring (bicyclic) bond motifs is 1. The first kappa shape index (κ1) is 19.8. The van der Waals surface area contributed by atoms with Crippen molar-refractivity contribution in [2.24, 2.45) is 11.8 Å². The zero-order chi connectivity index (χ0) is 20.4. The van der Waals surface area contributed by atoms with Crippen molar-refractivity contribution < 1.29 is 9.53 Å². The van der Waals surface area contributed by atoms with Gasteiger partial charge in [-0.05, 0) is 49.7 Å². The van der Waals surface area contributed by atoms with Gasteiger partial charge >= 0.3 is 0 Å². The minimum Gasteiger partial charge on any atom is -0.494 e. The molecule has 1 saturated carbocycles. The van der Waals surface area contributed by atoms with Crippen LogP contribution in [0.2, 0.25) is 0 Å². The molecule has 3 aromatic rings. The number of carbonyl (C=O) groups is 1. The monoisotopic (exact) mass is 410 g/mol. The number of ether oxygens (including phenoxy) is 1. The van der Waals surface area contributed by atoms with Gasteiger partial charge in [-0.25, -0.2) is 15.0 Å². The predicted molar refractivity (Wildman–Crippen MR) is 116 cm³/mol. The Bertz CT molecular complexity index is 995. The molecular formula is C22H26N4O2S. The molecule has 0 unspecified atom stereocenters. The van der Waals surface area contributed by atoms with E-state index in [9.17, 15) is 4.79 Å². The fourth-order valence-corrected chi connectivity index (χ4v) is 5.22. The van der Waals surface area contributed by atoms with Gasteiger partial charge in [-0.15, -0.1) is 11.3 Å². The minimum atomic E-state index is -0.290. The molecule has 1 aliphatic carbocycles. The van der Waals surface area contributed by atoms with Crippen LogP contribution in [0.25, 0.3) is 10.2 Å². The van der Waals surface area contributed by atoms with Gasteiger partial charge in [0.05, 0.1) is 28.0 Å². The van der Waals surface area contributed by atoms with Gasteiger partial charge < -0.3 is 10.1 Å². The van der Waals surface area contributed by atoms with E-state index in [0.717, 1.165) is 22.1 Å². The first-order valence-electron chi connectivity index (χ1n) is 10.1. The molecule has 1 aromatic carbocycles. The number of thiazole rings is 1. The quantitative estimate of drug-likeness (QED) is 0.619. The molecule has 7 heteroatoms. The molecule has 1 N–H and O–H groups in total. The third-order valence-electron chi connectivity index (χ3n) is 5.85. The second kappa shape index (κ2) is 8.45. The summed E-state index contributed by atoms with van der Waals surface area (Å²) in [6, 6.07) is 5.44. The molecule has 4 rings (SSSR count). The van der Waals surface area contributed by atoms with E-state index in [1.54, 1.807) is 30.7 Å². The van der Waals surface area contributed by atoms with Crippen LogP contribution in [-0.4, -0.2) is 28.0 Å². The minimum absolute atomic E-state index is 0.290. The number of anilines is 1. The lowest BCUT2D eigenvalue weighted by Gasteiger charge is -2.29. The van der Waals surface area contributed by atoms with Gasteiger partial charge in [0.2, 0.25) is 0 Å². The highest BCUT2D eigenvalue weighted by Crippen LogP contribution is 2.42. The highest BCUT2D eigenvalue weighted by atomic mass is 32.1. The van der Waals surface area contributed by atoms with Crippen LogP contribution in [0.4, 0.5) is 5.69 Å². The van der Waals surface area contributed by atoms with E-state index in [0.29, 0.717) is 23.0 Å². The van der Waals surface area contributed by atoms with Crippen LogP contribution < -0.4 is 10.1 Å². The summed E-state index contributed by atoms with van der Waals surface area (Å²) >= 11 is 1.73. The second-order valence-corrected chi connectivity index (χ2v) is 9.04. The molecule has 0 saturated heterocycles. The van der Waals surface area contributed by atoms with Crippen molar-refractivity contribution >= 4 is 33.1 Å². The number of amides is 1. The smallest absolute Gasteiger partial charge is 0.274 e. The van der Waals surface area contributed by atoms with Crippen molar-refractivity contribution in [3.8, 4) is 5.75 Å². The zero-order valence-electron chi connectivity index (χ0n) is 17.0. The Kier molecular flexibility index (Phi) is 5.76. The fraction of sp³-hybridized carbons (Fsp3) is 0.455. The van der Waals surface area contributed by atoms with Crippen molar-refractivity contribution in [1.29, 1.82) is 0 Å². The summed E-state index contributed by atoms with van der Waals surface area (Å²) in [5.41, 5.74) is 1.87. The normalized spacial score (nSPS) is 19.4. The number of carbonyl (C=O) groups excluding carboxylic acids is 1. The number of benzene rings is 1. The van der Waals surface area contributed by atoms with Gasteiger partial charge in [0.25, 0.3) is 5.91 Å². The van der Waals surface area contributed by atoms with Crippen LogP contribution in [0.1, 0.15) is 60.9 Å². The molecule has 0 bridgehead atoms. The SMILES string of the molecule is COc1cc2nc([C@H]3CC[C@H](C(C)C)CC3)sc2cc1NC(=O)c1ccncn1. The third-order valence-corrected chi connectivity index (χ3v) is 7.03. The average molecular weight is 411 g/mol. The maximum Gasteiger partial charge on any atom is 0.274 e. The molecule has 152 valence electrons. The van der Waals surface area contributed by atoms with Crippen LogP contribution in [0.5, 0.6) is 5.75 Å². The number of hydrogen-bond donors (Lipinski definition) is 1. The van der Waals surface area contributed by atoms with Crippen molar-refractivity contribution in [3.05, 3.63) is 41.4 Å². The third kappa shape index (κ3) is 4.24. The standard InChI is InChI=1S/C22H26N4O2S/c1-13(2)14-4-6-15(7-5-14)22-26-18-10-19(28-3)17(11-20(18)29-22)25-21(27)16-8-9-23-12-24-16/h8-15H,4-7H2,1-3H3,(H,25,27)/t14-,15-. The number of rotatable bonds is 5. The van der Waals surface area contributed by atoms with Crippen LogP contribution in [-0.2, 0) is 0 Å². The Hall–Kier alpha value is -2.54. The lowest BCUT2D eigenvalue weighted by Crippen LogP contribution is -2.17. The number of hydrogen-bond acceptors (Lipinski definition) is 6. The topological polar surface area (TPSA) is 77.0 Å². The first-order valence-corrected chi connectivity index (χ1v) is 10.9. The molecule has 0 spiro atoms. The number of methoxy groups -OCH3 is 1. The Morgan fingerprint density at radius 2 is 2.03 bits per heavy atom. The van der Waals surface area contributed by atoms with Gasteiger partial charge in [0.1, 0.15) is 17.8 Å². The van der Waals surface area contributed by atoms with E-state index < -0.39 is 0 Å². The predicted octanol–water partition coefficient (Wildman–Crippen LogP) is 5.28. The number of nitrogens with one attached hydrogen (secondary N) is 1. The summed E-state index contributed by atoms with van der Waals surface area (Å²) in [5.74, 6) is 2.44. The van der Waals surface area contributed by atoms with Crippen molar-refractivity contribution in [3.63, 3.8) is 0 Å². The summed E-state index contributed by atoms with van der Waals surface area (Å²) in [6.07, 6.45) is 7.88. The summed E-state index contributed by atoms with van der Waals surface area (Å²) in [6.45, 7) is 4.65. The largest absolute Gasteiger partial charge is 0.494 e. The van der Waals surface area contributed by atoms with Crippen LogP contribution >= 0.6 is 11.3 Å². The molecule has 0 aliphatic heterocycles. The molecule has 1 fully saturated rings. The summed E-state index contributed by atoms with van der Waals surface area (Å²) < 4.78 is 6.56. The molecule has 0 radical (unpaired) electrons. The van der Waals surface area contributed by atoms with E-state index in [2.05, 4.69) is 29.1 Å². The summed E-state index contributed by atoms with van der Waals surface area (Å²) in [4.78, 5) is 25.2. The Morgan fingerprint density at radius 1 is 1.24 bits per heavy atom. The van der Waals surface area contributed by atoms with E-state index >= 15 is 0 Å². The van der Waals surface area contributed by atoms with Crippen LogP contribution in [0.3, 0.4) is 0 Å². The molecule has 6 nitrogen and oxygen atoms in total. The average Bonchev–Trinajstić information content (AvgIpc) is 3.16. The molecule has 2 heterocycles. The van der Waals surface area contributed by atoms with E-state index in [-0.39, 0.29) is 5.91 Å². The summed E-state index contributed by atoms with van der Waals surface area (Å²) in [5, 5.41) is 4.10. The lowest BCUT2D eigenvalue weighted by atomic mass is 9.77. The molecule has 2 aromatic heterocycles. The van der Waals surface area contributed by atoms with Crippen LogP contribution in [0.15, 0.2) is 30.7 Å². The Labute approximate surface area is 174 Å². The zero-order valence-corrected chi connectivity index (χ0v) is 17.8. The van der Waals surface area contributed by atoms with Crippen molar-refractivity contribution in [1.82, 2.24) is 15.0 Å². The number of aromatic nitrogens is 3. The van der Waals surface area contributed by atoms with Gasteiger partial charge in [-0.1, -0.05) is 13.8 Å². The lowest BCUT2D eigenvalue weighted by molar-refractivity contribution is 0.102. The van der Waals surface area contributed by atoms with Gasteiger partial charge in [0.15, 0.2) is 0 Å². The Morgan fingerprint density at radius 3 is 2.69 bits per heavy atom. The van der Waals surface area contributed by atoms with Crippen molar-refractivity contribution in [2.45, 2.75) is 45.4 Å². The van der Waals surface area contributed by atoms with E-state index in [1.165, 1.54) is 37.0 Å². The fourth-order valence-electron chi connectivity index (χ4n) is 4.06. The van der Waals surface area contributed by atoms with Crippen LogP contribution in [0, 0.1) is 11.8 Å². The van der Waals surface area contributed by atoms with Gasteiger partial charge in [-0.3, -0.25) is 4.79 Å². The molecule has 29 heavy (non-hydrogen) atoms. The molecule has 1 amide bonds. The highest BCUT2D eigenvalue weighted by molar-refractivity contribution is 7.18. The molecule has 1 aliphatic rings. The summed E-state index contributed by atoms with van der Waals surface area (Å²) in [7, 11) is 1.60. The Balaban J connectivity index is 1.57. The van der Waals surface area contributed by atoms with Gasteiger partial charge in [0, 0.05) is 18.2 Å². The molecular weight excluding hydrogens is 384 g/mol. The number of nitrogens with zero attached hydrogens (tertiary/aromatic N) is 3. The maximum atomic E-state index is 12.5. The molecule has 0 atom stereocenters. The highest BCUT2D eigenvalue weighted by Gasteiger charge is 2.26.